The Kier molecular flexibility index (Phi) is 3.61. The summed E-state index contributed by atoms with van der Waals surface area (Å²) in [4.78, 5) is 13.6. The van der Waals surface area contributed by atoms with Gasteiger partial charge >= 0.3 is 5.97 Å². The fraction of sp³-hybridized carbons (Fsp3) is 0.462. The predicted molar refractivity (Wildman–Crippen MR) is 62.1 cm³/mol. The van der Waals surface area contributed by atoms with Crippen molar-refractivity contribution in [2.45, 2.75) is 5.92 Å². The molecule has 2 rings (SSSR count). The maximum absolute atomic E-state index is 13.8. The minimum Gasteiger partial charge on any atom is -0.469 e. The average Bonchev–Trinajstić information content (AvgIpc) is 2.70. The lowest BCUT2D eigenvalue weighted by molar-refractivity contribution is -0.145. The van der Waals surface area contributed by atoms with Gasteiger partial charge < -0.3 is 9.64 Å². The molecule has 1 aliphatic rings. The summed E-state index contributed by atoms with van der Waals surface area (Å²) in [6.45, 7) is 1.08. The highest BCUT2D eigenvalue weighted by atomic mass is 19.1. The van der Waals surface area contributed by atoms with Crippen LogP contribution < -0.4 is 0 Å². The highest BCUT2D eigenvalue weighted by Crippen LogP contribution is 2.34. The summed E-state index contributed by atoms with van der Waals surface area (Å²) in [6, 6.07) is 3.47. The van der Waals surface area contributed by atoms with Gasteiger partial charge in [0, 0.05) is 25.1 Å². The molecular formula is C13H15F2NO2. The van der Waals surface area contributed by atoms with E-state index in [2.05, 4.69) is 0 Å². The van der Waals surface area contributed by atoms with Gasteiger partial charge in [-0.25, -0.2) is 8.78 Å². The molecule has 1 heterocycles. The number of hydrogen-bond donors (Lipinski definition) is 0. The number of halogens is 2. The van der Waals surface area contributed by atoms with Crippen molar-refractivity contribution in [3.63, 3.8) is 0 Å². The number of rotatable bonds is 2. The second kappa shape index (κ2) is 5.02. The molecular weight excluding hydrogens is 240 g/mol. The van der Waals surface area contributed by atoms with Crippen molar-refractivity contribution >= 4 is 5.97 Å². The smallest absolute Gasteiger partial charge is 0.310 e. The SMILES string of the molecule is COC(=O)C1CN(C)CC1c1ccc(F)cc1F. The summed E-state index contributed by atoms with van der Waals surface area (Å²) >= 11 is 0. The molecule has 1 aliphatic heterocycles. The average molecular weight is 255 g/mol. The molecule has 0 aliphatic carbocycles. The predicted octanol–water partition coefficient (Wildman–Crippen LogP) is 1.78. The molecule has 18 heavy (non-hydrogen) atoms. The van der Waals surface area contributed by atoms with Gasteiger partial charge in [0.05, 0.1) is 13.0 Å². The number of carbonyl (C=O) groups excluding carboxylic acids is 1. The maximum atomic E-state index is 13.8. The third-order valence-corrected chi connectivity index (χ3v) is 3.37. The Morgan fingerprint density at radius 3 is 2.72 bits per heavy atom. The number of hydrogen-bond acceptors (Lipinski definition) is 3. The van der Waals surface area contributed by atoms with Crippen LogP contribution in [0.15, 0.2) is 18.2 Å². The molecule has 0 saturated carbocycles. The van der Waals surface area contributed by atoms with Crippen molar-refractivity contribution in [3.8, 4) is 0 Å². The van der Waals surface area contributed by atoms with E-state index in [1.54, 1.807) is 0 Å². The zero-order valence-electron chi connectivity index (χ0n) is 10.3. The number of esters is 1. The lowest BCUT2D eigenvalue weighted by atomic mass is 9.88. The van der Waals surface area contributed by atoms with Crippen molar-refractivity contribution in [2.75, 3.05) is 27.2 Å². The van der Waals surface area contributed by atoms with Crippen LogP contribution in [-0.4, -0.2) is 38.1 Å². The Morgan fingerprint density at radius 1 is 1.39 bits per heavy atom. The number of ether oxygens (including phenoxy) is 1. The van der Waals surface area contributed by atoms with Crippen molar-refractivity contribution in [1.82, 2.24) is 4.90 Å². The number of nitrogens with zero attached hydrogens (tertiary/aromatic N) is 1. The quantitative estimate of drug-likeness (QED) is 0.754. The van der Waals surface area contributed by atoms with E-state index in [1.807, 2.05) is 11.9 Å². The second-order valence-corrected chi connectivity index (χ2v) is 4.62. The molecule has 1 saturated heterocycles. The van der Waals surface area contributed by atoms with Gasteiger partial charge in [-0.05, 0) is 18.7 Å². The normalized spacial score (nSPS) is 24.2. The van der Waals surface area contributed by atoms with Gasteiger partial charge in [-0.2, -0.15) is 0 Å². The molecule has 0 amide bonds. The van der Waals surface area contributed by atoms with Crippen LogP contribution in [0.25, 0.3) is 0 Å². The Morgan fingerprint density at radius 2 is 2.11 bits per heavy atom. The van der Waals surface area contributed by atoms with Gasteiger partial charge in [-0.15, -0.1) is 0 Å². The van der Waals surface area contributed by atoms with Crippen molar-refractivity contribution in [2.24, 2.45) is 5.92 Å². The first-order valence-corrected chi connectivity index (χ1v) is 5.74. The van der Waals surface area contributed by atoms with Crippen molar-refractivity contribution in [3.05, 3.63) is 35.4 Å². The summed E-state index contributed by atoms with van der Waals surface area (Å²) in [6.07, 6.45) is 0. The first kappa shape index (κ1) is 13.0. The van der Waals surface area contributed by atoms with E-state index in [-0.39, 0.29) is 11.9 Å². The molecule has 0 N–H and O–H groups in total. The van der Waals surface area contributed by atoms with Gasteiger partial charge in [0.1, 0.15) is 11.6 Å². The topological polar surface area (TPSA) is 29.5 Å². The minimum atomic E-state index is -0.614. The summed E-state index contributed by atoms with van der Waals surface area (Å²) in [5, 5.41) is 0. The van der Waals surface area contributed by atoms with E-state index in [9.17, 15) is 13.6 Å². The largest absolute Gasteiger partial charge is 0.469 e. The van der Waals surface area contributed by atoms with E-state index in [0.717, 1.165) is 6.07 Å². The molecule has 1 aromatic rings. The number of carbonyl (C=O) groups is 1. The highest BCUT2D eigenvalue weighted by molar-refractivity contribution is 5.74. The van der Waals surface area contributed by atoms with E-state index >= 15 is 0 Å². The maximum Gasteiger partial charge on any atom is 0.310 e. The molecule has 0 radical (unpaired) electrons. The third kappa shape index (κ3) is 2.36. The van der Waals surface area contributed by atoms with Crippen LogP contribution in [-0.2, 0) is 9.53 Å². The monoisotopic (exact) mass is 255 g/mol. The molecule has 1 aromatic carbocycles. The lowest BCUT2D eigenvalue weighted by Crippen LogP contribution is -2.23. The molecule has 0 bridgehead atoms. The van der Waals surface area contributed by atoms with E-state index in [0.29, 0.717) is 18.7 Å². The summed E-state index contributed by atoms with van der Waals surface area (Å²) in [7, 11) is 3.18. The molecule has 0 aromatic heterocycles. The van der Waals surface area contributed by atoms with Crippen LogP contribution in [0.5, 0.6) is 0 Å². The Hall–Kier alpha value is -1.49. The Bertz CT molecular complexity index is 464. The van der Waals surface area contributed by atoms with E-state index in [4.69, 9.17) is 4.74 Å². The molecule has 2 atom stereocenters. The molecule has 2 unspecified atom stereocenters. The van der Waals surface area contributed by atoms with E-state index in [1.165, 1.54) is 19.2 Å². The zero-order valence-corrected chi connectivity index (χ0v) is 10.3. The number of benzene rings is 1. The van der Waals surface area contributed by atoms with E-state index < -0.39 is 17.6 Å². The second-order valence-electron chi connectivity index (χ2n) is 4.62. The first-order valence-electron chi connectivity index (χ1n) is 5.74. The summed E-state index contributed by atoms with van der Waals surface area (Å²) in [5.74, 6) is -2.27. The van der Waals surface area contributed by atoms with Crippen LogP contribution >= 0.6 is 0 Å². The molecule has 0 spiro atoms. The third-order valence-electron chi connectivity index (χ3n) is 3.37. The van der Waals surface area contributed by atoms with Crippen molar-refractivity contribution < 1.29 is 18.3 Å². The number of likely N-dealkylation sites (N-methyl/N-ethyl adjacent to an activating group) is 1. The number of likely N-dealkylation sites (tertiary alicyclic amines) is 1. The Balaban J connectivity index is 2.32. The summed E-state index contributed by atoms with van der Waals surface area (Å²) in [5.41, 5.74) is 0.371. The van der Waals surface area contributed by atoms with Gasteiger partial charge in [0.25, 0.3) is 0 Å². The van der Waals surface area contributed by atoms with Crippen LogP contribution in [0.4, 0.5) is 8.78 Å². The minimum absolute atomic E-state index is 0.289. The van der Waals surface area contributed by atoms with Gasteiger partial charge in [0.2, 0.25) is 0 Å². The van der Waals surface area contributed by atoms with Crippen LogP contribution in [0.2, 0.25) is 0 Å². The molecule has 1 fully saturated rings. The fourth-order valence-electron chi connectivity index (χ4n) is 2.51. The molecule has 5 heteroatoms. The van der Waals surface area contributed by atoms with Crippen LogP contribution in [0, 0.1) is 17.6 Å². The van der Waals surface area contributed by atoms with Gasteiger partial charge in [-0.1, -0.05) is 6.07 Å². The zero-order chi connectivity index (χ0) is 13.3. The van der Waals surface area contributed by atoms with Crippen LogP contribution in [0.3, 0.4) is 0 Å². The van der Waals surface area contributed by atoms with Gasteiger partial charge in [0.15, 0.2) is 0 Å². The molecule has 98 valence electrons. The summed E-state index contributed by atoms with van der Waals surface area (Å²) < 4.78 is 31.4. The standard InChI is InChI=1S/C13H15F2NO2/c1-16-6-10(11(7-16)13(17)18-2)9-4-3-8(14)5-12(9)15/h3-5,10-11H,6-7H2,1-2H3. The first-order chi connectivity index (χ1) is 8.52. The van der Waals surface area contributed by atoms with Gasteiger partial charge in [-0.3, -0.25) is 4.79 Å². The highest BCUT2D eigenvalue weighted by Gasteiger charge is 2.38. The molecule has 3 nitrogen and oxygen atoms in total. The Labute approximate surface area is 104 Å². The number of methoxy groups -OCH3 is 1. The lowest BCUT2D eigenvalue weighted by Gasteiger charge is -2.17. The van der Waals surface area contributed by atoms with Crippen molar-refractivity contribution in [1.29, 1.82) is 0 Å². The fourth-order valence-corrected chi connectivity index (χ4v) is 2.51. The van der Waals surface area contributed by atoms with Crippen LogP contribution in [0.1, 0.15) is 11.5 Å².